The third kappa shape index (κ3) is 4.74. The van der Waals surface area contributed by atoms with E-state index in [1.54, 1.807) is 0 Å². The zero-order valence-corrected chi connectivity index (χ0v) is 17.1. The number of piperidine rings is 1. The highest BCUT2D eigenvalue weighted by atomic mass is 16.2. The summed E-state index contributed by atoms with van der Waals surface area (Å²) in [4.78, 5) is 19.8. The molecule has 0 saturated carbocycles. The van der Waals surface area contributed by atoms with E-state index in [0.717, 1.165) is 63.4 Å². The molecule has 0 bridgehead atoms. The van der Waals surface area contributed by atoms with E-state index < -0.39 is 0 Å². The molecule has 7 nitrogen and oxygen atoms in total. The molecule has 2 unspecified atom stereocenters. The summed E-state index contributed by atoms with van der Waals surface area (Å²) in [5.74, 6) is 0.910. The molecule has 3 aliphatic heterocycles. The number of aryl methyl sites for hydroxylation is 1. The minimum Gasteiger partial charge on any atom is -0.353 e. The van der Waals surface area contributed by atoms with Crippen molar-refractivity contribution in [2.24, 2.45) is 0 Å². The summed E-state index contributed by atoms with van der Waals surface area (Å²) in [6, 6.07) is 5.00. The molecule has 2 atom stereocenters. The highest BCUT2D eigenvalue weighted by Gasteiger charge is 2.28. The van der Waals surface area contributed by atoms with Gasteiger partial charge < -0.3 is 20.0 Å². The highest BCUT2D eigenvalue weighted by Crippen LogP contribution is 2.22. The Labute approximate surface area is 168 Å². The zero-order valence-electron chi connectivity index (χ0n) is 17.1. The maximum Gasteiger partial charge on any atom is 0.317 e. The van der Waals surface area contributed by atoms with Gasteiger partial charge in [-0.3, -0.25) is 0 Å². The molecular weight excluding hydrogens is 352 g/mol. The van der Waals surface area contributed by atoms with Crippen LogP contribution in [0.2, 0.25) is 0 Å². The summed E-state index contributed by atoms with van der Waals surface area (Å²) in [6.07, 6.45) is 8.23. The van der Waals surface area contributed by atoms with Crippen molar-refractivity contribution in [2.45, 2.75) is 64.0 Å². The number of amides is 2. The van der Waals surface area contributed by atoms with Crippen LogP contribution in [-0.2, 0) is 0 Å². The lowest BCUT2D eigenvalue weighted by molar-refractivity contribution is 0.189. The third-order valence-corrected chi connectivity index (χ3v) is 6.50. The first-order valence-corrected chi connectivity index (χ1v) is 11.0. The van der Waals surface area contributed by atoms with Gasteiger partial charge in [0.05, 0.1) is 5.69 Å². The fourth-order valence-corrected chi connectivity index (χ4v) is 4.88. The molecule has 0 radical (unpaired) electrons. The van der Waals surface area contributed by atoms with Crippen LogP contribution in [0.25, 0.3) is 0 Å². The first-order chi connectivity index (χ1) is 13.7. The normalized spacial score (nSPS) is 26.9. The molecule has 0 spiro atoms. The van der Waals surface area contributed by atoms with Gasteiger partial charge in [0, 0.05) is 38.3 Å². The Morgan fingerprint density at radius 2 is 1.79 bits per heavy atom. The second kappa shape index (κ2) is 9.07. The molecule has 1 aromatic heterocycles. The van der Waals surface area contributed by atoms with Gasteiger partial charge in [0.1, 0.15) is 0 Å². The number of carbonyl (C=O) groups excluding carboxylic acids is 1. The molecule has 154 valence electrons. The second-order valence-electron chi connectivity index (χ2n) is 8.58. The lowest BCUT2D eigenvalue weighted by Crippen LogP contribution is -2.52. The van der Waals surface area contributed by atoms with Gasteiger partial charge in [-0.15, -0.1) is 5.10 Å². The molecule has 1 aromatic rings. The number of nitrogens with one attached hydrogen (secondary N) is 1. The molecular formula is C21H34N6O. The van der Waals surface area contributed by atoms with Crippen molar-refractivity contribution in [2.75, 3.05) is 44.2 Å². The van der Waals surface area contributed by atoms with Crippen LogP contribution in [0.5, 0.6) is 0 Å². The number of hydrogen-bond acceptors (Lipinski definition) is 5. The SMILES string of the molecule is Cc1ccc(N2CCCC(NC(=O)N3CCCC(N4CCCC4)CC3)C2)nn1. The summed E-state index contributed by atoms with van der Waals surface area (Å²) in [7, 11) is 0. The number of rotatable bonds is 3. The Morgan fingerprint density at radius 3 is 2.57 bits per heavy atom. The van der Waals surface area contributed by atoms with Crippen molar-refractivity contribution in [1.29, 1.82) is 0 Å². The van der Waals surface area contributed by atoms with E-state index in [9.17, 15) is 4.79 Å². The maximum absolute atomic E-state index is 12.9. The van der Waals surface area contributed by atoms with Gasteiger partial charge in [-0.05, 0) is 77.1 Å². The largest absolute Gasteiger partial charge is 0.353 e. The van der Waals surface area contributed by atoms with Gasteiger partial charge in [-0.1, -0.05) is 0 Å². The van der Waals surface area contributed by atoms with E-state index in [0.29, 0.717) is 6.04 Å². The van der Waals surface area contributed by atoms with Crippen molar-refractivity contribution < 1.29 is 4.79 Å². The average Bonchev–Trinajstić information content (AvgIpc) is 3.13. The van der Waals surface area contributed by atoms with E-state index in [1.807, 2.05) is 24.0 Å². The first kappa shape index (κ1) is 19.4. The molecule has 3 fully saturated rings. The molecule has 3 saturated heterocycles. The predicted molar refractivity (Wildman–Crippen MR) is 111 cm³/mol. The van der Waals surface area contributed by atoms with Crippen LogP contribution in [0.1, 0.15) is 50.6 Å². The number of likely N-dealkylation sites (tertiary alicyclic amines) is 2. The van der Waals surface area contributed by atoms with Gasteiger partial charge in [0.25, 0.3) is 0 Å². The standard InChI is InChI=1S/C21H34N6O/c1-17-8-9-20(24-23-17)27-14-4-6-18(16-27)22-21(28)26-13-5-7-19(10-15-26)25-11-2-3-12-25/h8-9,18-19H,2-7,10-16H2,1H3,(H,22,28). The number of carbonyl (C=O) groups is 1. The number of anilines is 1. The summed E-state index contributed by atoms with van der Waals surface area (Å²) < 4.78 is 0. The lowest BCUT2D eigenvalue weighted by Gasteiger charge is -2.35. The van der Waals surface area contributed by atoms with Crippen molar-refractivity contribution in [1.82, 2.24) is 25.3 Å². The van der Waals surface area contributed by atoms with E-state index in [1.165, 1.54) is 32.4 Å². The van der Waals surface area contributed by atoms with Gasteiger partial charge in [0.15, 0.2) is 5.82 Å². The monoisotopic (exact) mass is 386 g/mol. The van der Waals surface area contributed by atoms with Crippen molar-refractivity contribution in [3.63, 3.8) is 0 Å². The van der Waals surface area contributed by atoms with Gasteiger partial charge >= 0.3 is 6.03 Å². The molecule has 0 aromatic carbocycles. The van der Waals surface area contributed by atoms with Crippen molar-refractivity contribution in [3.8, 4) is 0 Å². The molecule has 1 N–H and O–H groups in total. The van der Waals surface area contributed by atoms with Crippen molar-refractivity contribution in [3.05, 3.63) is 17.8 Å². The van der Waals surface area contributed by atoms with Crippen LogP contribution < -0.4 is 10.2 Å². The molecule has 2 amide bonds. The number of urea groups is 1. The second-order valence-corrected chi connectivity index (χ2v) is 8.58. The minimum absolute atomic E-state index is 0.115. The predicted octanol–water partition coefficient (Wildman–Crippen LogP) is 2.41. The van der Waals surface area contributed by atoms with E-state index >= 15 is 0 Å². The Kier molecular flexibility index (Phi) is 6.29. The van der Waals surface area contributed by atoms with Crippen LogP contribution in [0, 0.1) is 6.92 Å². The van der Waals surface area contributed by atoms with Crippen LogP contribution in [0.3, 0.4) is 0 Å². The number of nitrogens with zero attached hydrogens (tertiary/aromatic N) is 5. The molecule has 7 heteroatoms. The Morgan fingerprint density at radius 1 is 0.964 bits per heavy atom. The zero-order chi connectivity index (χ0) is 19.3. The van der Waals surface area contributed by atoms with Crippen LogP contribution >= 0.6 is 0 Å². The van der Waals surface area contributed by atoms with Gasteiger partial charge in [-0.2, -0.15) is 5.10 Å². The molecule has 4 rings (SSSR count). The van der Waals surface area contributed by atoms with Crippen molar-refractivity contribution >= 4 is 11.8 Å². The molecule has 28 heavy (non-hydrogen) atoms. The van der Waals surface area contributed by atoms with Crippen LogP contribution in [0.15, 0.2) is 12.1 Å². The van der Waals surface area contributed by atoms with E-state index in [2.05, 4.69) is 25.3 Å². The highest BCUT2D eigenvalue weighted by molar-refractivity contribution is 5.74. The summed E-state index contributed by atoms with van der Waals surface area (Å²) in [6.45, 7) is 8.00. The molecule has 3 aliphatic rings. The third-order valence-electron chi connectivity index (χ3n) is 6.50. The van der Waals surface area contributed by atoms with Crippen LogP contribution in [0.4, 0.5) is 10.6 Å². The fraction of sp³-hybridized carbons (Fsp3) is 0.762. The Balaban J connectivity index is 1.28. The topological polar surface area (TPSA) is 64.6 Å². The summed E-state index contributed by atoms with van der Waals surface area (Å²) >= 11 is 0. The maximum atomic E-state index is 12.9. The van der Waals surface area contributed by atoms with Gasteiger partial charge in [-0.25, -0.2) is 4.79 Å². The smallest absolute Gasteiger partial charge is 0.317 e. The minimum atomic E-state index is 0.115. The first-order valence-electron chi connectivity index (χ1n) is 11.0. The molecule has 4 heterocycles. The van der Waals surface area contributed by atoms with Crippen LogP contribution in [-0.4, -0.2) is 77.4 Å². The average molecular weight is 387 g/mol. The van der Waals surface area contributed by atoms with E-state index in [4.69, 9.17) is 0 Å². The Hall–Kier alpha value is -1.89. The number of aromatic nitrogens is 2. The molecule has 0 aliphatic carbocycles. The fourth-order valence-electron chi connectivity index (χ4n) is 4.88. The van der Waals surface area contributed by atoms with Gasteiger partial charge in [0.2, 0.25) is 0 Å². The van der Waals surface area contributed by atoms with E-state index in [-0.39, 0.29) is 12.1 Å². The lowest BCUT2D eigenvalue weighted by atomic mass is 10.1. The summed E-state index contributed by atoms with van der Waals surface area (Å²) in [5.41, 5.74) is 0.930. The summed E-state index contributed by atoms with van der Waals surface area (Å²) in [5, 5.41) is 11.8. The quantitative estimate of drug-likeness (QED) is 0.864. The number of hydrogen-bond donors (Lipinski definition) is 1. The Bertz CT molecular complexity index is 645.